The first-order chi connectivity index (χ1) is 10.5. The summed E-state index contributed by atoms with van der Waals surface area (Å²) in [4.78, 5) is 14.1. The fourth-order valence-electron chi connectivity index (χ4n) is 3.81. The summed E-state index contributed by atoms with van der Waals surface area (Å²) in [5, 5.41) is 8.19. The molecule has 1 amide bonds. The molecule has 0 aromatic carbocycles. The van der Waals surface area contributed by atoms with Gasteiger partial charge in [0.05, 0.1) is 18.3 Å². The summed E-state index contributed by atoms with van der Waals surface area (Å²) in [7, 11) is 3.86. The summed E-state index contributed by atoms with van der Waals surface area (Å²) in [6, 6.07) is 0.534. The van der Waals surface area contributed by atoms with Gasteiger partial charge in [-0.1, -0.05) is 0 Å². The van der Waals surface area contributed by atoms with Gasteiger partial charge in [-0.25, -0.2) is 0 Å². The monoisotopic (exact) mass is 306 g/mol. The molecule has 1 N–H and O–H groups in total. The predicted octanol–water partition coefficient (Wildman–Crippen LogP) is 1.08. The topological polar surface area (TPSA) is 59.4 Å². The van der Waals surface area contributed by atoms with Crippen LogP contribution in [0, 0.1) is 13.8 Å². The lowest BCUT2D eigenvalue weighted by molar-refractivity contribution is -0.127. The molecule has 6 nitrogen and oxygen atoms in total. The second-order valence-electron chi connectivity index (χ2n) is 6.55. The maximum Gasteiger partial charge on any atom is 0.224 e. The van der Waals surface area contributed by atoms with Crippen molar-refractivity contribution in [1.82, 2.24) is 20.0 Å². The molecule has 0 unspecified atom stereocenters. The van der Waals surface area contributed by atoms with Crippen LogP contribution in [0.3, 0.4) is 0 Å². The molecule has 2 aliphatic heterocycles. The molecule has 22 heavy (non-hydrogen) atoms. The summed E-state index contributed by atoms with van der Waals surface area (Å²) in [5.74, 6) is 0.196. The van der Waals surface area contributed by atoms with E-state index in [-0.39, 0.29) is 18.0 Å². The van der Waals surface area contributed by atoms with E-state index >= 15 is 0 Å². The largest absolute Gasteiger partial charge is 0.380 e. The van der Waals surface area contributed by atoms with E-state index in [1.807, 2.05) is 30.6 Å². The van der Waals surface area contributed by atoms with Crippen LogP contribution in [0.15, 0.2) is 0 Å². The Balaban J connectivity index is 1.86. The van der Waals surface area contributed by atoms with Crippen molar-refractivity contribution < 1.29 is 9.53 Å². The highest BCUT2D eigenvalue weighted by Crippen LogP contribution is 2.35. The molecule has 2 aliphatic rings. The van der Waals surface area contributed by atoms with Crippen LogP contribution in [0.25, 0.3) is 0 Å². The lowest BCUT2D eigenvalue weighted by atomic mass is 9.97. The van der Waals surface area contributed by atoms with Crippen LogP contribution >= 0.6 is 0 Å². The summed E-state index contributed by atoms with van der Waals surface area (Å²) >= 11 is 0. The van der Waals surface area contributed by atoms with Gasteiger partial charge >= 0.3 is 0 Å². The summed E-state index contributed by atoms with van der Waals surface area (Å²) in [5.41, 5.74) is 3.33. The van der Waals surface area contributed by atoms with Gasteiger partial charge in [0.1, 0.15) is 0 Å². The summed E-state index contributed by atoms with van der Waals surface area (Å²) in [6.07, 6.45) is 2.75. The fraction of sp³-hybridized carbons (Fsp3) is 0.750. The van der Waals surface area contributed by atoms with Gasteiger partial charge in [0.2, 0.25) is 5.91 Å². The van der Waals surface area contributed by atoms with Crippen molar-refractivity contribution in [2.45, 2.75) is 51.2 Å². The number of carbonyl (C=O) groups excluding carboxylic acids is 1. The van der Waals surface area contributed by atoms with Crippen molar-refractivity contribution in [3.63, 3.8) is 0 Å². The summed E-state index contributed by atoms with van der Waals surface area (Å²) < 4.78 is 7.47. The Hall–Kier alpha value is -1.40. The van der Waals surface area contributed by atoms with E-state index in [0.29, 0.717) is 12.5 Å². The molecule has 2 fully saturated rings. The molecule has 6 heteroatoms. The van der Waals surface area contributed by atoms with E-state index in [0.717, 1.165) is 37.4 Å². The number of rotatable bonds is 3. The van der Waals surface area contributed by atoms with Gasteiger partial charge in [-0.15, -0.1) is 0 Å². The standard InChI is InChI=1S/C16H26N4O2/c1-10-15(11(2)20(4)18-10)16-13(8-14(21)19(16)3)17-12-6-5-7-22-9-12/h12-13,16-17H,5-9H2,1-4H3/t12-,13-,16-/m1/s1. The highest BCUT2D eigenvalue weighted by Gasteiger charge is 2.41. The zero-order valence-electron chi connectivity index (χ0n) is 13.9. The average Bonchev–Trinajstić information content (AvgIpc) is 2.89. The number of nitrogens with one attached hydrogen (secondary N) is 1. The quantitative estimate of drug-likeness (QED) is 0.908. The molecule has 122 valence electrons. The molecule has 1 aromatic rings. The minimum atomic E-state index is 0.0585. The van der Waals surface area contributed by atoms with Crippen molar-refractivity contribution in [3.05, 3.63) is 17.0 Å². The highest BCUT2D eigenvalue weighted by atomic mass is 16.5. The number of ether oxygens (including phenoxy) is 1. The van der Waals surface area contributed by atoms with Crippen LogP contribution in [0.2, 0.25) is 0 Å². The molecule has 0 aliphatic carbocycles. The zero-order chi connectivity index (χ0) is 15.9. The first-order valence-corrected chi connectivity index (χ1v) is 8.08. The number of nitrogens with zero attached hydrogens (tertiary/aromatic N) is 3. The van der Waals surface area contributed by atoms with Crippen LogP contribution in [-0.4, -0.2) is 52.9 Å². The zero-order valence-corrected chi connectivity index (χ0v) is 13.9. The molecule has 3 heterocycles. The van der Waals surface area contributed by atoms with Gasteiger partial charge in [-0.05, 0) is 26.7 Å². The van der Waals surface area contributed by atoms with Crippen LogP contribution in [0.5, 0.6) is 0 Å². The third-order valence-corrected chi connectivity index (χ3v) is 5.06. The molecule has 0 saturated carbocycles. The van der Waals surface area contributed by atoms with Gasteiger partial charge in [-0.3, -0.25) is 9.48 Å². The van der Waals surface area contributed by atoms with Crippen LogP contribution in [0.4, 0.5) is 0 Å². The number of aromatic nitrogens is 2. The molecule has 3 atom stereocenters. The van der Waals surface area contributed by atoms with Crippen LogP contribution < -0.4 is 5.32 Å². The molecule has 0 radical (unpaired) electrons. The van der Waals surface area contributed by atoms with Crippen molar-refractivity contribution >= 4 is 5.91 Å². The normalized spacial score (nSPS) is 29.4. The number of hydrogen-bond donors (Lipinski definition) is 1. The smallest absolute Gasteiger partial charge is 0.224 e. The lowest BCUT2D eigenvalue weighted by Gasteiger charge is -2.31. The SMILES string of the molecule is Cc1nn(C)c(C)c1[C@H]1[C@H](N[C@@H]2CCCOC2)CC(=O)N1C. The number of carbonyl (C=O) groups is 1. The minimum absolute atomic E-state index is 0.0585. The van der Waals surface area contributed by atoms with E-state index in [2.05, 4.69) is 17.3 Å². The molecule has 0 bridgehead atoms. The fourth-order valence-corrected chi connectivity index (χ4v) is 3.81. The van der Waals surface area contributed by atoms with Crippen molar-refractivity contribution in [3.8, 4) is 0 Å². The second-order valence-corrected chi connectivity index (χ2v) is 6.55. The van der Waals surface area contributed by atoms with Crippen LogP contribution in [0.1, 0.15) is 42.3 Å². The van der Waals surface area contributed by atoms with E-state index in [4.69, 9.17) is 4.74 Å². The Morgan fingerprint density at radius 3 is 2.68 bits per heavy atom. The van der Waals surface area contributed by atoms with Gasteiger partial charge in [0.15, 0.2) is 0 Å². The van der Waals surface area contributed by atoms with Crippen molar-refractivity contribution in [1.29, 1.82) is 0 Å². The van der Waals surface area contributed by atoms with Gasteiger partial charge in [-0.2, -0.15) is 5.10 Å². The van der Waals surface area contributed by atoms with E-state index in [1.54, 1.807) is 0 Å². The van der Waals surface area contributed by atoms with E-state index in [9.17, 15) is 4.79 Å². The molecule has 1 aromatic heterocycles. The third-order valence-electron chi connectivity index (χ3n) is 5.06. The Kier molecular flexibility index (Phi) is 4.23. The van der Waals surface area contributed by atoms with Gasteiger partial charge in [0, 0.05) is 50.5 Å². The Morgan fingerprint density at radius 2 is 2.09 bits per heavy atom. The first-order valence-electron chi connectivity index (χ1n) is 8.08. The van der Waals surface area contributed by atoms with E-state index in [1.165, 1.54) is 5.56 Å². The minimum Gasteiger partial charge on any atom is -0.380 e. The van der Waals surface area contributed by atoms with Gasteiger partial charge in [0.25, 0.3) is 0 Å². The number of hydrogen-bond acceptors (Lipinski definition) is 4. The molecular weight excluding hydrogens is 280 g/mol. The number of likely N-dealkylation sites (N-methyl/N-ethyl adjacent to an activating group) is 1. The maximum atomic E-state index is 12.3. The number of amides is 1. The highest BCUT2D eigenvalue weighted by molar-refractivity contribution is 5.80. The predicted molar refractivity (Wildman–Crippen MR) is 83.6 cm³/mol. The molecule has 3 rings (SSSR count). The second kappa shape index (κ2) is 6.01. The number of likely N-dealkylation sites (tertiary alicyclic amines) is 1. The first kappa shape index (κ1) is 15.5. The maximum absolute atomic E-state index is 12.3. The average molecular weight is 306 g/mol. The Labute approximate surface area is 131 Å². The third kappa shape index (κ3) is 2.65. The lowest BCUT2D eigenvalue weighted by Crippen LogP contribution is -2.45. The summed E-state index contributed by atoms with van der Waals surface area (Å²) in [6.45, 7) is 5.70. The van der Waals surface area contributed by atoms with E-state index < -0.39 is 0 Å². The Morgan fingerprint density at radius 1 is 1.32 bits per heavy atom. The van der Waals surface area contributed by atoms with Crippen molar-refractivity contribution in [2.24, 2.45) is 7.05 Å². The molecule has 2 saturated heterocycles. The van der Waals surface area contributed by atoms with Crippen molar-refractivity contribution in [2.75, 3.05) is 20.3 Å². The van der Waals surface area contributed by atoms with Crippen LogP contribution in [-0.2, 0) is 16.6 Å². The Bertz CT molecular complexity index is 563. The molecular formula is C16H26N4O2. The number of aryl methyl sites for hydroxylation is 2. The van der Waals surface area contributed by atoms with Gasteiger partial charge < -0.3 is 15.0 Å². The molecule has 0 spiro atoms.